The van der Waals surface area contributed by atoms with Gasteiger partial charge in [-0.05, 0) is 30.8 Å². The van der Waals surface area contributed by atoms with Crippen molar-refractivity contribution in [3.05, 3.63) is 0 Å². The molecule has 0 saturated carbocycles. The van der Waals surface area contributed by atoms with Crippen molar-refractivity contribution in [1.82, 2.24) is 0 Å². The van der Waals surface area contributed by atoms with Crippen LogP contribution in [0.4, 0.5) is 0 Å². The molecule has 2 nitrogen and oxygen atoms in total. The monoisotopic (exact) mass is 330 g/mol. The molecule has 1 atom stereocenters. The normalized spacial score (nSPS) is 13.5. The van der Waals surface area contributed by atoms with E-state index in [-0.39, 0.29) is 0 Å². The van der Waals surface area contributed by atoms with Crippen LogP contribution >= 0.6 is 0 Å². The third-order valence-electron chi connectivity index (χ3n) is 4.60. The summed E-state index contributed by atoms with van der Waals surface area (Å²) < 4.78 is 12.6. The molecule has 1 unspecified atom stereocenters. The van der Waals surface area contributed by atoms with Crippen LogP contribution in [0.25, 0.3) is 0 Å². The molecule has 0 aromatic heterocycles. The zero-order valence-electron chi connectivity index (χ0n) is 16.1. The largest absolute Gasteiger partial charge is 0.394 e. The summed E-state index contributed by atoms with van der Waals surface area (Å²) >= 11 is 0. The lowest BCUT2D eigenvalue weighted by atomic mass is 10.1. The Morgan fingerprint density at radius 1 is 0.727 bits per heavy atom. The summed E-state index contributed by atoms with van der Waals surface area (Å²) in [6.07, 6.45) is 11.9. The van der Waals surface area contributed by atoms with Crippen molar-refractivity contribution in [2.24, 2.45) is 5.92 Å². The van der Waals surface area contributed by atoms with Gasteiger partial charge < -0.3 is 8.85 Å². The maximum atomic E-state index is 6.32. The van der Waals surface area contributed by atoms with E-state index in [9.17, 15) is 0 Å². The average Bonchev–Trinajstić information content (AvgIpc) is 2.53. The van der Waals surface area contributed by atoms with E-state index < -0.39 is 8.56 Å². The molecule has 0 aliphatic carbocycles. The Morgan fingerprint density at radius 2 is 1.32 bits per heavy atom. The number of unbranched alkanes of at least 4 members (excludes halogenated alkanes) is 6. The van der Waals surface area contributed by atoms with Gasteiger partial charge in [0.25, 0.3) is 0 Å². The maximum absolute atomic E-state index is 6.32. The Balaban J connectivity index is 3.87. The number of hydrogen-bond donors (Lipinski definition) is 0. The van der Waals surface area contributed by atoms with Crippen molar-refractivity contribution in [3.63, 3.8) is 0 Å². The van der Waals surface area contributed by atoms with Crippen molar-refractivity contribution in [2.75, 3.05) is 13.2 Å². The highest BCUT2D eigenvalue weighted by atomic mass is 28.4. The Labute approximate surface area is 141 Å². The van der Waals surface area contributed by atoms with Crippen LogP contribution in [0.2, 0.25) is 12.1 Å². The molecule has 0 spiro atoms. The average molecular weight is 331 g/mol. The molecule has 0 saturated heterocycles. The van der Waals surface area contributed by atoms with Gasteiger partial charge in [0, 0.05) is 13.2 Å². The minimum absolute atomic E-state index is 0.664. The van der Waals surface area contributed by atoms with Gasteiger partial charge in [-0.15, -0.1) is 0 Å². The molecule has 0 N–H and O–H groups in total. The van der Waals surface area contributed by atoms with Gasteiger partial charge in [0.1, 0.15) is 0 Å². The van der Waals surface area contributed by atoms with Crippen LogP contribution in [0, 0.1) is 5.92 Å². The Hall–Kier alpha value is 0.137. The highest BCUT2D eigenvalue weighted by Gasteiger charge is 2.33. The van der Waals surface area contributed by atoms with Crippen molar-refractivity contribution in [3.8, 4) is 0 Å². The maximum Gasteiger partial charge on any atom is 0.337 e. The lowest BCUT2D eigenvalue weighted by Crippen LogP contribution is -2.42. The lowest BCUT2D eigenvalue weighted by molar-refractivity contribution is 0.144. The fourth-order valence-electron chi connectivity index (χ4n) is 2.89. The molecule has 0 aliphatic rings. The minimum atomic E-state index is -1.92. The van der Waals surface area contributed by atoms with E-state index in [0.29, 0.717) is 5.92 Å². The summed E-state index contributed by atoms with van der Waals surface area (Å²) in [6.45, 7) is 13.1. The summed E-state index contributed by atoms with van der Waals surface area (Å²) in [5.74, 6) is 0.664. The topological polar surface area (TPSA) is 18.5 Å². The molecule has 0 rings (SSSR count). The molecule has 0 heterocycles. The van der Waals surface area contributed by atoms with Gasteiger partial charge in [-0.2, -0.15) is 0 Å². The highest BCUT2D eigenvalue weighted by Crippen LogP contribution is 2.21. The highest BCUT2D eigenvalue weighted by molar-refractivity contribution is 6.67. The van der Waals surface area contributed by atoms with E-state index in [1.165, 1.54) is 57.8 Å². The molecule has 3 heteroatoms. The molecule has 0 radical (unpaired) electrons. The van der Waals surface area contributed by atoms with Crippen LogP contribution in [-0.4, -0.2) is 21.8 Å². The molecule has 0 aromatic rings. The molecular formula is C19H42O2Si. The van der Waals surface area contributed by atoms with E-state index >= 15 is 0 Å². The van der Waals surface area contributed by atoms with Crippen LogP contribution in [-0.2, 0) is 8.85 Å². The second-order valence-corrected chi connectivity index (χ2v) is 10.6. The van der Waals surface area contributed by atoms with Crippen molar-refractivity contribution >= 4 is 8.56 Å². The zero-order chi connectivity index (χ0) is 16.7. The van der Waals surface area contributed by atoms with Gasteiger partial charge in [-0.3, -0.25) is 0 Å². The first kappa shape index (κ1) is 22.1. The van der Waals surface area contributed by atoms with Crippen molar-refractivity contribution < 1.29 is 8.85 Å². The van der Waals surface area contributed by atoms with Gasteiger partial charge in [0.05, 0.1) is 0 Å². The SMILES string of the molecule is CCCCCCCCCO[Si](CC)(CC)OCC(C)CCC. The smallest absolute Gasteiger partial charge is 0.337 e. The summed E-state index contributed by atoms with van der Waals surface area (Å²) in [5.41, 5.74) is 0. The first-order valence-electron chi connectivity index (χ1n) is 9.91. The predicted molar refractivity (Wildman–Crippen MR) is 101 cm³/mol. The molecule has 0 aromatic carbocycles. The van der Waals surface area contributed by atoms with Crippen LogP contribution in [0.15, 0.2) is 0 Å². The van der Waals surface area contributed by atoms with Crippen molar-refractivity contribution in [2.45, 2.75) is 104 Å². The van der Waals surface area contributed by atoms with Gasteiger partial charge in [-0.25, -0.2) is 0 Å². The van der Waals surface area contributed by atoms with Gasteiger partial charge >= 0.3 is 8.56 Å². The molecule has 134 valence electrons. The molecule has 0 bridgehead atoms. The fraction of sp³-hybridized carbons (Fsp3) is 1.00. The van der Waals surface area contributed by atoms with Crippen LogP contribution in [0.5, 0.6) is 0 Å². The predicted octanol–water partition coefficient (Wildman–Crippen LogP) is 6.69. The third-order valence-corrected chi connectivity index (χ3v) is 8.18. The summed E-state index contributed by atoms with van der Waals surface area (Å²) in [6, 6.07) is 2.16. The Kier molecular flexibility index (Phi) is 14.8. The molecule has 0 amide bonds. The van der Waals surface area contributed by atoms with Gasteiger partial charge in [0.2, 0.25) is 0 Å². The summed E-state index contributed by atoms with van der Waals surface area (Å²) in [7, 11) is -1.92. The van der Waals surface area contributed by atoms with E-state index in [4.69, 9.17) is 8.85 Å². The standard InChI is InChI=1S/C19H42O2Si/c1-6-10-11-12-13-14-15-17-20-22(8-3,9-4)21-18-19(5)16-7-2/h19H,6-18H2,1-5H3. The summed E-state index contributed by atoms with van der Waals surface area (Å²) in [4.78, 5) is 0. The number of hydrogen-bond acceptors (Lipinski definition) is 2. The van der Waals surface area contributed by atoms with Crippen LogP contribution < -0.4 is 0 Å². The second kappa shape index (κ2) is 14.7. The molecule has 22 heavy (non-hydrogen) atoms. The van der Waals surface area contributed by atoms with E-state index in [1.807, 2.05) is 0 Å². The van der Waals surface area contributed by atoms with Crippen molar-refractivity contribution in [1.29, 1.82) is 0 Å². The molecular weight excluding hydrogens is 288 g/mol. The quantitative estimate of drug-likeness (QED) is 0.232. The number of rotatable bonds is 16. The Morgan fingerprint density at radius 3 is 1.86 bits per heavy atom. The summed E-state index contributed by atoms with van der Waals surface area (Å²) in [5, 5.41) is 0. The van der Waals surface area contributed by atoms with Gasteiger partial charge in [-0.1, -0.05) is 79.6 Å². The molecule has 0 fully saturated rings. The lowest BCUT2D eigenvalue weighted by Gasteiger charge is -2.30. The third kappa shape index (κ3) is 10.8. The van der Waals surface area contributed by atoms with Crippen LogP contribution in [0.1, 0.15) is 92.4 Å². The van der Waals surface area contributed by atoms with E-state index in [2.05, 4.69) is 34.6 Å². The minimum Gasteiger partial charge on any atom is -0.394 e. The first-order chi connectivity index (χ1) is 10.6. The zero-order valence-corrected chi connectivity index (χ0v) is 17.1. The Bertz CT molecular complexity index is 229. The van der Waals surface area contributed by atoms with Gasteiger partial charge in [0.15, 0.2) is 0 Å². The molecule has 0 aliphatic heterocycles. The second-order valence-electron chi connectivity index (χ2n) is 6.79. The van der Waals surface area contributed by atoms with E-state index in [0.717, 1.165) is 25.3 Å². The first-order valence-corrected chi connectivity index (χ1v) is 12.1. The van der Waals surface area contributed by atoms with E-state index in [1.54, 1.807) is 0 Å². The fourth-order valence-corrected chi connectivity index (χ4v) is 5.39. The van der Waals surface area contributed by atoms with Crippen LogP contribution in [0.3, 0.4) is 0 Å².